The Labute approximate surface area is 140 Å². The second-order valence-corrected chi connectivity index (χ2v) is 5.06. The maximum atomic E-state index is 5.03. The Balaban J connectivity index is 0.00000361. The van der Waals surface area contributed by atoms with Crippen LogP contribution in [0.4, 0.5) is 0 Å². The Kier molecular flexibility index (Phi) is 12.6. The molecule has 1 fully saturated rings. The largest absolute Gasteiger partial charge is 0.383 e. The summed E-state index contributed by atoms with van der Waals surface area (Å²) < 4.78 is 5.03. The number of aliphatic imine (C=N–C) groups is 1. The fourth-order valence-corrected chi connectivity index (χ4v) is 2.39. The van der Waals surface area contributed by atoms with Crippen LogP contribution in [-0.2, 0) is 4.74 Å². The van der Waals surface area contributed by atoms with E-state index in [-0.39, 0.29) is 24.0 Å². The van der Waals surface area contributed by atoms with Gasteiger partial charge in [0.05, 0.1) is 13.2 Å². The monoisotopic (exact) mass is 398 g/mol. The third-order valence-electron chi connectivity index (χ3n) is 3.54. The van der Waals surface area contributed by atoms with Crippen LogP contribution in [0.3, 0.4) is 0 Å². The van der Waals surface area contributed by atoms with E-state index in [4.69, 9.17) is 4.74 Å². The van der Waals surface area contributed by atoms with Crippen LogP contribution < -0.4 is 10.6 Å². The molecular formula is C14H31IN4O. The summed E-state index contributed by atoms with van der Waals surface area (Å²) in [6.45, 7) is 9.93. The molecule has 1 saturated heterocycles. The molecule has 0 bridgehead atoms. The predicted molar refractivity (Wildman–Crippen MR) is 96.2 cm³/mol. The van der Waals surface area contributed by atoms with Crippen molar-refractivity contribution >= 4 is 29.9 Å². The van der Waals surface area contributed by atoms with Crippen molar-refractivity contribution in [3.05, 3.63) is 0 Å². The zero-order valence-electron chi connectivity index (χ0n) is 13.2. The second kappa shape index (κ2) is 12.6. The highest BCUT2D eigenvalue weighted by molar-refractivity contribution is 14.0. The molecule has 1 atom stereocenters. The number of methoxy groups -OCH3 is 1. The van der Waals surface area contributed by atoms with Crippen LogP contribution >= 0.6 is 24.0 Å². The minimum absolute atomic E-state index is 0. The van der Waals surface area contributed by atoms with Gasteiger partial charge in [-0.25, -0.2) is 0 Å². The average Bonchev–Trinajstić information content (AvgIpc) is 2.41. The molecule has 0 aromatic rings. The molecule has 0 spiro atoms. The van der Waals surface area contributed by atoms with Crippen molar-refractivity contribution in [2.24, 2.45) is 4.99 Å². The number of nitrogens with zero attached hydrogens (tertiary/aromatic N) is 2. The maximum Gasteiger partial charge on any atom is 0.191 e. The van der Waals surface area contributed by atoms with E-state index in [9.17, 15) is 0 Å². The number of rotatable bonds is 7. The summed E-state index contributed by atoms with van der Waals surface area (Å²) in [7, 11) is 1.71. The summed E-state index contributed by atoms with van der Waals surface area (Å²) in [5.41, 5.74) is 0. The van der Waals surface area contributed by atoms with Gasteiger partial charge < -0.3 is 15.4 Å². The molecule has 1 rings (SSSR count). The lowest BCUT2D eigenvalue weighted by atomic mass is 10.0. The SMILES string of the molecule is CCNC(=NCCN1CCCCC1C)NCCOC.I. The van der Waals surface area contributed by atoms with Crippen molar-refractivity contribution < 1.29 is 4.74 Å². The van der Waals surface area contributed by atoms with Crippen LogP contribution in [0, 0.1) is 0 Å². The van der Waals surface area contributed by atoms with Gasteiger partial charge in [-0.15, -0.1) is 24.0 Å². The minimum atomic E-state index is 0. The smallest absolute Gasteiger partial charge is 0.191 e. The molecule has 1 unspecified atom stereocenters. The first-order valence-electron chi connectivity index (χ1n) is 7.53. The Morgan fingerprint density at radius 1 is 1.35 bits per heavy atom. The molecule has 0 radical (unpaired) electrons. The van der Waals surface area contributed by atoms with E-state index >= 15 is 0 Å². The van der Waals surface area contributed by atoms with Gasteiger partial charge in [0, 0.05) is 32.8 Å². The molecule has 2 N–H and O–H groups in total. The number of nitrogens with one attached hydrogen (secondary N) is 2. The van der Waals surface area contributed by atoms with Gasteiger partial charge in [0.25, 0.3) is 0 Å². The summed E-state index contributed by atoms with van der Waals surface area (Å²) in [6, 6.07) is 0.716. The van der Waals surface area contributed by atoms with Crippen LogP contribution in [0.5, 0.6) is 0 Å². The van der Waals surface area contributed by atoms with Gasteiger partial charge in [0.1, 0.15) is 0 Å². The summed E-state index contributed by atoms with van der Waals surface area (Å²) in [6.07, 6.45) is 4.04. The van der Waals surface area contributed by atoms with Crippen molar-refractivity contribution in [1.82, 2.24) is 15.5 Å². The third-order valence-corrected chi connectivity index (χ3v) is 3.54. The van der Waals surface area contributed by atoms with E-state index in [2.05, 4.69) is 34.4 Å². The van der Waals surface area contributed by atoms with Crippen LogP contribution in [-0.4, -0.2) is 63.3 Å². The van der Waals surface area contributed by atoms with E-state index in [1.54, 1.807) is 7.11 Å². The number of hydrogen-bond donors (Lipinski definition) is 2. The molecular weight excluding hydrogens is 367 g/mol. The van der Waals surface area contributed by atoms with E-state index in [0.29, 0.717) is 12.6 Å². The van der Waals surface area contributed by atoms with Crippen molar-refractivity contribution in [3.8, 4) is 0 Å². The zero-order valence-corrected chi connectivity index (χ0v) is 15.5. The fourth-order valence-electron chi connectivity index (χ4n) is 2.39. The number of guanidine groups is 1. The summed E-state index contributed by atoms with van der Waals surface area (Å²) in [5, 5.41) is 6.52. The summed E-state index contributed by atoms with van der Waals surface area (Å²) >= 11 is 0. The molecule has 120 valence electrons. The topological polar surface area (TPSA) is 48.9 Å². The highest BCUT2D eigenvalue weighted by atomic mass is 127. The van der Waals surface area contributed by atoms with Gasteiger partial charge in [-0.3, -0.25) is 9.89 Å². The number of hydrogen-bond acceptors (Lipinski definition) is 3. The van der Waals surface area contributed by atoms with E-state index in [1.165, 1.54) is 25.8 Å². The van der Waals surface area contributed by atoms with Gasteiger partial charge in [-0.2, -0.15) is 0 Å². The number of likely N-dealkylation sites (tertiary alicyclic amines) is 1. The third kappa shape index (κ3) is 8.26. The van der Waals surface area contributed by atoms with Gasteiger partial charge >= 0.3 is 0 Å². The highest BCUT2D eigenvalue weighted by Gasteiger charge is 2.17. The second-order valence-electron chi connectivity index (χ2n) is 5.06. The fraction of sp³-hybridized carbons (Fsp3) is 0.929. The van der Waals surface area contributed by atoms with Crippen LogP contribution in [0.1, 0.15) is 33.1 Å². The molecule has 1 aliphatic heterocycles. The number of halogens is 1. The molecule has 1 heterocycles. The lowest BCUT2D eigenvalue weighted by Gasteiger charge is -2.32. The predicted octanol–water partition coefficient (Wildman–Crippen LogP) is 1.68. The zero-order chi connectivity index (χ0) is 13.9. The molecule has 0 saturated carbocycles. The van der Waals surface area contributed by atoms with Gasteiger partial charge in [-0.1, -0.05) is 6.42 Å². The van der Waals surface area contributed by atoms with Crippen molar-refractivity contribution in [3.63, 3.8) is 0 Å². The molecule has 0 amide bonds. The lowest BCUT2D eigenvalue weighted by molar-refractivity contribution is 0.165. The highest BCUT2D eigenvalue weighted by Crippen LogP contribution is 2.15. The lowest BCUT2D eigenvalue weighted by Crippen LogP contribution is -2.41. The Morgan fingerprint density at radius 2 is 2.15 bits per heavy atom. The van der Waals surface area contributed by atoms with Gasteiger partial charge in [0.2, 0.25) is 0 Å². The van der Waals surface area contributed by atoms with E-state index < -0.39 is 0 Å². The molecule has 0 aliphatic carbocycles. The molecule has 20 heavy (non-hydrogen) atoms. The average molecular weight is 398 g/mol. The maximum absolute atomic E-state index is 5.03. The van der Waals surface area contributed by atoms with Gasteiger partial charge in [0.15, 0.2) is 5.96 Å². The molecule has 1 aliphatic rings. The number of ether oxygens (including phenoxy) is 1. The van der Waals surface area contributed by atoms with Crippen molar-refractivity contribution in [1.29, 1.82) is 0 Å². The standard InChI is InChI=1S/C14H30N4O.HI/c1-4-15-14(17-9-12-19-3)16-8-11-18-10-6-5-7-13(18)2;/h13H,4-12H2,1-3H3,(H2,15,16,17);1H. The number of piperidine rings is 1. The Morgan fingerprint density at radius 3 is 2.80 bits per heavy atom. The van der Waals surface area contributed by atoms with Crippen LogP contribution in [0.15, 0.2) is 4.99 Å². The quantitative estimate of drug-likeness (QED) is 0.297. The van der Waals surface area contributed by atoms with E-state index in [0.717, 1.165) is 32.1 Å². The Bertz CT molecular complexity index is 264. The Hall–Kier alpha value is -0.0800. The van der Waals surface area contributed by atoms with Crippen molar-refractivity contribution in [2.45, 2.75) is 39.2 Å². The van der Waals surface area contributed by atoms with Crippen LogP contribution in [0.25, 0.3) is 0 Å². The van der Waals surface area contributed by atoms with Gasteiger partial charge in [-0.05, 0) is 33.2 Å². The first-order chi connectivity index (χ1) is 9.27. The molecule has 6 heteroatoms. The summed E-state index contributed by atoms with van der Waals surface area (Å²) in [5.74, 6) is 0.893. The molecule has 0 aromatic carbocycles. The normalized spacial score (nSPS) is 20.4. The molecule has 0 aromatic heterocycles. The summed E-state index contributed by atoms with van der Waals surface area (Å²) in [4.78, 5) is 7.16. The van der Waals surface area contributed by atoms with E-state index in [1.807, 2.05) is 0 Å². The van der Waals surface area contributed by atoms with Crippen LogP contribution in [0.2, 0.25) is 0 Å². The first kappa shape index (κ1) is 19.9. The molecule has 5 nitrogen and oxygen atoms in total. The minimum Gasteiger partial charge on any atom is -0.383 e. The van der Waals surface area contributed by atoms with Crippen molar-refractivity contribution in [2.75, 3.05) is 46.4 Å². The first-order valence-corrected chi connectivity index (χ1v) is 7.53.